The maximum Gasteiger partial charge on any atom is 0.324 e. The average molecular weight is 296 g/mol. The number of rotatable bonds is 7. The number of carbonyl (C=O) groups excluding carboxylic acids is 2. The van der Waals surface area contributed by atoms with Crippen molar-refractivity contribution in [1.29, 1.82) is 0 Å². The summed E-state index contributed by atoms with van der Waals surface area (Å²) < 4.78 is 20.2. The number of esters is 2. The summed E-state index contributed by atoms with van der Waals surface area (Å²) in [6.45, 7) is 3.70. The van der Waals surface area contributed by atoms with Crippen LogP contribution in [-0.4, -0.2) is 39.4 Å². The molecule has 0 aliphatic rings. The lowest BCUT2D eigenvalue weighted by Crippen LogP contribution is -2.26. The summed E-state index contributed by atoms with van der Waals surface area (Å²) in [5.41, 5.74) is 0.406. The van der Waals surface area contributed by atoms with Gasteiger partial charge in [-0.3, -0.25) is 9.59 Å². The van der Waals surface area contributed by atoms with E-state index in [0.717, 1.165) is 0 Å². The lowest BCUT2D eigenvalue weighted by molar-refractivity contribution is -0.156. The Morgan fingerprint density at radius 1 is 0.905 bits per heavy atom. The Kier molecular flexibility index (Phi) is 6.52. The molecule has 1 aromatic rings. The van der Waals surface area contributed by atoms with Gasteiger partial charge in [-0.25, -0.2) is 0 Å². The molecule has 0 aliphatic heterocycles. The fourth-order valence-electron chi connectivity index (χ4n) is 1.82. The van der Waals surface area contributed by atoms with Crippen LogP contribution in [0.5, 0.6) is 11.5 Å². The topological polar surface area (TPSA) is 71.1 Å². The minimum absolute atomic E-state index is 0.176. The maximum atomic E-state index is 12.1. The highest BCUT2D eigenvalue weighted by atomic mass is 16.6. The summed E-state index contributed by atoms with van der Waals surface area (Å²) >= 11 is 0. The highest BCUT2D eigenvalue weighted by Crippen LogP contribution is 2.29. The molecule has 0 spiro atoms. The number of ether oxygens (including phenoxy) is 4. The SMILES string of the molecule is CCOC(=O)C(C(=O)OCC)c1cc(OC)cc(OC)c1. The number of hydrogen-bond donors (Lipinski definition) is 0. The van der Waals surface area contributed by atoms with Crippen molar-refractivity contribution in [1.82, 2.24) is 0 Å². The Hall–Kier alpha value is -2.24. The second kappa shape index (κ2) is 8.14. The van der Waals surface area contributed by atoms with Crippen molar-refractivity contribution in [2.75, 3.05) is 27.4 Å². The molecule has 0 fully saturated rings. The molecule has 0 bridgehead atoms. The van der Waals surface area contributed by atoms with Crippen molar-refractivity contribution in [2.24, 2.45) is 0 Å². The van der Waals surface area contributed by atoms with Crippen molar-refractivity contribution in [3.8, 4) is 11.5 Å². The molecule has 0 N–H and O–H groups in total. The monoisotopic (exact) mass is 296 g/mol. The minimum Gasteiger partial charge on any atom is -0.497 e. The molecule has 0 amide bonds. The molecule has 0 unspecified atom stereocenters. The molecule has 0 aromatic heterocycles. The van der Waals surface area contributed by atoms with Gasteiger partial charge in [0.25, 0.3) is 0 Å². The summed E-state index contributed by atoms with van der Waals surface area (Å²) in [7, 11) is 2.98. The smallest absolute Gasteiger partial charge is 0.324 e. The normalized spacial score (nSPS) is 10.1. The van der Waals surface area contributed by atoms with Crippen LogP contribution in [0.3, 0.4) is 0 Å². The van der Waals surface area contributed by atoms with Gasteiger partial charge in [-0.1, -0.05) is 0 Å². The van der Waals surface area contributed by atoms with Crippen LogP contribution >= 0.6 is 0 Å². The summed E-state index contributed by atoms with van der Waals surface area (Å²) in [4.78, 5) is 24.1. The molecular weight excluding hydrogens is 276 g/mol. The molecule has 0 radical (unpaired) electrons. The van der Waals surface area contributed by atoms with Gasteiger partial charge in [0, 0.05) is 6.07 Å². The van der Waals surface area contributed by atoms with Gasteiger partial charge >= 0.3 is 11.9 Å². The molecule has 1 rings (SSSR count). The van der Waals surface area contributed by atoms with Crippen LogP contribution in [0.2, 0.25) is 0 Å². The van der Waals surface area contributed by atoms with E-state index in [4.69, 9.17) is 18.9 Å². The van der Waals surface area contributed by atoms with E-state index in [-0.39, 0.29) is 13.2 Å². The quantitative estimate of drug-likeness (QED) is 0.565. The van der Waals surface area contributed by atoms with E-state index in [9.17, 15) is 9.59 Å². The standard InChI is InChI=1S/C15H20O6/c1-5-20-14(16)13(15(17)21-6-2)10-7-11(18-3)9-12(8-10)19-4/h7-9,13H,5-6H2,1-4H3. The van der Waals surface area contributed by atoms with Gasteiger partial charge in [0.15, 0.2) is 5.92 Å². The largest absolute Gasteiger partial charge is 0.497 e. The first-order chi connectivity index (χ1) is 10.1. The maximum absolute atomic E-state index is 12.1. The lowest BCUT2D eigenvalue weighted by Gasteiger charge is -2.16. The van der Waals surface area contributed by atoms with Gasteiger partial charge in [-0.15, -0.1) is 0 Å². The summed E-state index contributed by atoms with van der Waals surface area (Å²) in [5, 5.41) is 0. The van der Waals surface area contributed by atoms with Crippen LogP contribution in [0.1, 0.15) is 25.3 Å². The van der Waals surface area contributed by atoms with E-state index in [1.54, 1.807) is 32.0 Å². The molecule has 6 nitrogen and oxygen atoms in total. The molecule has 0 heterocycles. The average Bonchev–Trinajstić information content (AvgIpc) is 2.47. The Bertz CT molecular complexity index is 457. The fourth-order valence-corrected chi connectivity index (χ4v) is 1.82. The lowest BCUT2D eigenvalue weighted by atomic mass is 9.98. The van der Waals surface area contributed by atoms with Crippen molar-refractivity contribution < 1.29 is 28.5 Å². The van der Waals surface area contributed by atoms with Crippen molar-refractivity contribution in [3.05, 3.63) is 23.8 Å². The van der Waals surface area contributed by atoms with Crippen LogP contribution in [0.4, 0.5) is 0 Å². The van der Waals surface area contributed by atoms with Crippen molar-refractivity contribution in [2.45, 2.75) is 19.8 Å². The fraction of sp³-hybridized carbons (Fsp3) is 0.467. The highest BCUT2D eigenvalue weighted by molar-refractivity contribution is 6.01. The van der Waals surface area contributed by atoms with Gasteiger partial charge in [0.1, 0.15) is 11.5 Å². The zero-order valence-electron chi connectivity index (χ0n) is 12.7. The molecule has 116 valence electrons. The van der Waals surface area contributed by atoms with Gasteiger partial charge in [0.2, 0.25) is 0 Å². The molecular formula is C15H20O6. The summed E-state index contributed by atoms with van der Waals surface area (Å²) in [6, 6.07) is 4.82. The first-order valence-electron chi connectivity index (χ1n) is 6.63. The van der Waals surface area contributed by atoms with E-state index in [2.05, 4.69) is 0 Å². The van der Waals surface area contributed by atoms with Gasteiger partial charge < -0.3 is 18.9 Å². The van der Waals surface area contributed by atoms with E-state index in [1.165, 1.54) is 14.2 Å². The number of methoxy groups -OCH3 is 2. The second-order valence-corrected chi connectivity index (χ2v) is 4.08. The Morgan fingerprint density at radius 2 is 1.33 bits per heavy atom. The first kappa shape index (κ1) is 16.8. The van der Waals surface area contributed by atoms with E-state index >= 15 is 0 Å². The van der Waals surface area contributed by atoms with Gasteiger partial charge in [0.05, 0.1) is 27.4 Å². The molecule has 0 aliphatic carbocycles. The Balaban J connectivity index is 3.23. The van der Waals surface area contributed by atoms with Crippen LogP contribution in [0.15, 0.2) is 18.2 Å². The molecule has 6 heteroatoms. The van der Waals surface area contributed by atoms with Crippen LogP contribution in [0, 0.1) is 0 Å². The third-order valence-corrected chi connectivity index (χ3v) is 2.75. The third kappa shape index (κ3) is 4.37. The predicted octanol–water partition coefficient (Wildman–Crippen LogP) is 1.91. The van der Waals surface area contributed by atoms with Gasteiger partial charge in [-0.05, 0) is 31.5 Å². The highest BCUT2D eigenvalue weighted by Gasteiger charge is 2.32. The number of benzene rings is 1. The minimum atomic E-state index is -1.16. The summed E-state index contributed by atoms with van der Waals surface area (Å²) in [6.07, 6.45) is 0. The Labute approximate surface area is 123 Å². The van der Waals surface area contributed by atoms with Crippen molar-refractivity contribution in [3.63, 3.8) is 0 Å². The van der Waals surface area contributed by atoms with Crippen LogP contribution in [-0.2, 0) is 19.1 Å². The number of hydrogen-bond acceptors (Lipinski definition) is 6. The van der Waals surface area contributed by atoms with Crippen molar-refractivity contribution >= 4 is 11.9 Å². The van der Waals surface area contributed by atoms with Gasteiger partial charge in [-0.2, -0.15) is 0 Å². The Morgan fingerprint density at radius 3 is 1.67 bits per heavy atom. The van der Waals surface area contributed by atoms with Crippen LogP contribution < -0.4 is 9.47 Å². The first-order valence-corrected chi connectivity index (χ1v) is 6.63. The molecule has 0 saturated heterocycles. The third-order valence-electron chi connectivity index (χ3n) is 2.75. The second-order valence-electron chi connectivity index (χ2n) is 4.08. The van der Waals surface area contributed by atoms with Crippen LogP contribution in [0.25, 0.3) is 0 Å². The molecule has 0 saturated carbocycles. The van der Waals surface area contributed by atoms with E-state index in [0.29, 0.717) is 17.1 Å². The molecule has 21 heavy (non-hydrogen) atoms. The molecule has 0 atom stereocenters. The summed E-state index contributed by atoms with van der Waals surface area (Å²) in [5.74, 6) is -1.53. The van der Waals surface area contributed by atoms with E-state index < -0.39 is 17.9 Å². The zero-order chi connectivity index (χ0) is 15.8. The number of carbonyl (C=O) groups is 2. The zero-order valence-corrected chi connectivity index (χ0v) is 12.7. The van der Waals surface area contributed by atoms with E-state index in [1.807, 2.05) is 0 Å². The predicted molar refractivity (Wildman–Crippen MR) is 75.6 cm³/mol. The molecule has 1 aromatic carbocycles.